The molecular formula is C24H31N3O4. The van der Waals surface area contributed by atoms with E-state index in [-0.39, 0.29) is 11.8 Å². The number of nitrogens with zero attached hydrogens (tertiary/aromatic N) is 3. The van der Waals surface area contributed by atoms with Crippen molar-refractivity contribution in [1.29, 1.82) is 0 Å². The van der Waals surface area contributed by atoms with Crippen molar-refractivity contribution in [3.63, 3.8) is 0 Å². The molecule has 0 radical (unpaired) electrons. The zero-order valence-electron chi connectivity index (χ0n) is 18.8. The van der Waals surface area contributed by atoms with Crippen molar-refractivity contribution in [3.8, 4) is 11.5 Å². The van der Waals surface area contributed by atoms with Gasteiger partial charge in [0.15, 0.2) is 11.5 Å². The van der Waals surface area contributed by atoms with Crippen LogP contribution in [0.1, 0.15) is 24.0 Å². The summed E-state index contributed by atoms with van der Waals surface area (Å²) < 4.78 is 20.2. The number of benzene rings is 2. The number of aromatic nitrogens is 2. The average Bonchev–Trinajstić information content (AvgIpc) is 3.36. The summed E-state index contributed by atoms with van der Waals surface area (Å²) in [6.07, 6.45) is 2.46. The van der Waals surface area contributed by atoms with Crippen molar-refractivity contribution < 1.29 is 14.2 Å². The second-order valence-corrected chi connectivity index (χ2v) is 8.22. The first kappa shape index (κ1) is 21.5. The molecule has 0 amide bonds. The Balaban J connectivity index is 1.60. The molecule has 7 nitrogen and oxygen atoms in total. The third kappa shape index (κ3) is 4.48. The van der Waals surface area contributed by atoms with Gasteiger partial charge in [-0.3, -0.25) is 14.0 Å². The van der Waals surface area contributed by atoms with Gasteiger partial charge < -0.3 is 14.2 Å². The Kier molecular flexibility index (Phi) is 6.34. The zero-order valence-corrected chi connectivity index (χ0v) is 18.8. The van der Waals surface area contributed by atoms with Crippen LogP contribution in [-0.4, -0.2) is 47.5 Å². The first-order valence-corrected chi connectivity index (χ1v) is 10.7. The largest absolute Gasteiger partial charge is 0.493 e. The van der Waals surface area contributed by atoms with Crippen LogP contribution in [-0.2, 0) is 31.9 Å². The highest BCUT2D eigenvalue weighted by atomic mass is 16.5. The van der Waals surface area contributed by atoms with Crippen LogP contribution >= 0.6 is 0 Å². The Morgan fingerprint density at radius 2 is 1.65 bits per heavy atom. The van der Waals surface area contributed by atoms with Crippen LogP contribution < -0.4 is 15.2 Å². The van der Waals surface area contributed by atoms with Gasteiger partial charge in [0.1, 0.15) is 0 Å². The SMILES string of the molecule is COc1ccc(CN(Cc2ccc3c(c2)n(C)c(=O)n3C)C[C@H]2CCCO2)cc1OC. The number of methoxy groups -OCH3 is 2. The lowest BCUT2D eigenvalue weighted by atomic mass is 10.1. The third-order valence-electron chi connectivity index (χ3n) is 6.08. The van der Waals surface area contributed by atoms with E-state index in [1.54, 1.807) is 23.4 Å². The molecule has 3 aromatic rings. The normalized spacial score (nSPS) is 16.4. The molecule has 2 aromatic carbocycles. The van der Waals surface area contributed by atoms with Crippen LogP contribution in [0.25, 0.3) is 11.0 Å². The van der Waals surface area contributed by atoms with Gasteiger partial charge in [-0.2, -0.15) is 0 Å². The number of aryl methyl sites for hydroxylation is 2. The molecule has 4 rings (SSSR count). The smallest absolute Gasteiger partial charge is 0.328 e. The minimum Gasteiger partial charge on any atom is -0.493 e. The predicted molar refractivity (Wildman–Crippen MR) is 121 cm³/mol. The lowest BCUT2D eigenvalue weighted by molar-refractivity contribution is 0.0679. The maximum absolute atomic E-state index is 12.3. The first-order chi connectivity index (χ1) is 15.0. The van der Waals surface area contributed by atoms with E-state index in [2.05, 4.69) is 23.1 Å². The van der Waals surface area contributed by atoms with Crippen LogP contribution in [0.15, 0.2) is 41.2 Å². The van der Waals surface area contributed by atoms with Gasteiger partial charge in [-0.25, -0.2) is 4.79 Å². The quantitative estimate of drug-likeness (QED) is 0.555. The predicted octanol–water partition coefficient (Wildman–Crippen LogP) is 3.08. The minimum absolute atomic E-state index is 0.00584. The Morgan fingerprint density at radius 3 is 2.32 bits per heavy atom. The van der Waals surface area contributed by atoms with Crippen molar-refractivity contribution in [1.82, 2.24) is 14.0 Å². The fraction of sp³-hybridized carbons (Fsp3) is 0.458. The summed E-state index contributed by atoms with van der Waals surface area (Å²) in [5, 5.41) is 0. The van der Waals surface area contributed by atoms with Crippen LogP contribution in [0.2, 0.25) is 0 Å². The van der Waals surface area contributed by atoms with Gasteiger partial charge in [0.05, 0.1) is 31.4 Å². The lowest BCUT2D eigenvalue weighted by Crippen LogP contribution is -2.31. The van der Waals surface area contributed by atoms with E-state index >= 15 is 0 Å². The molecule has 1 aromatic heterocycles. The molecule has 7 heteroatoms. The topological polar surface area (TPSA) is 57.9 Å². The van der Waals surface area contributed by atoms with E-state index in [0.29, 0.717) is 0 Å². The number of hydrogen-bond acceptors (Lipinski definition) is 5. The fourth-order valence-electron chi connectivity index (χ4n) is 4.41. The maximum atomic E-state index is 12.3. The molecule has 0 saturated carbocycles. The molecule has 1 atom stereocenters. The zero-order chi connectivity index (χ0) is 22.0. The monoisotopic (exact) mass is 425 g/mol. The van der Waals surface area contributed by atoms with E-state index in [9.17, 15) is 4.79 Å². The van der Waals surface area contributed by atoms with Crippen LogP contribution in [0, 0.1) is 0 Å². The van der Waals surface area contributed by atoms with Crippen LogP contribution in [0.3, 0.4) is 0 Å². The number of hydrogen-bond donors (Lipinski definition) is 0. The molecule has 1 fully saturated rings. The van der Waals surface area contributed by atoms with Crippen LogP contribution in [0.5, 0.6) is 11.5 Å². The van der Waals surface area contributed by atoms with E-state index in [1.165, 1.54) is 5.56 Å². The summed E-state index contributed by atoms with van der Waals surface area (Å²) in [5.41, 5.74) is 4.22. The molecular weight excluding hydrogens is 394 g/mol. The van der Waals surface area contributed by atoms with Crippen molar-refractivity contribution in [2.75, 3.05) is 27.4 Å². The van der Waals surface area contributed by atoms with Crippen molar-refractivity contribution >= 4 is 11.0 Å². The summed E-state index contributed by atoms with van der Waals surface area (Å²) in [6.45, 7) is 3.24. The summed E-state index contributed by atoms with van der Waals surface area (Å²) in [7, 11) is 6.94. The highest BCUT2D eigenvalue weighted by Crippen LogP contribution is 2.28. The van der Waals surface area contributed by atoms with Gasteiger partial charge >= 0.3 is 5.69 Å². The summed E-state index contributed by atoms with van der Waals surface area (Å²) in [4.78, 5) is 14.7. The Morgan fingerprint density at radius 1 is 0.968 bits per heavy atom. The molecule has 1 aliphatic rings. The van der Waals surface area contributed by atoms with Gasteiger partial charge in [0, 0.05) is 40.3 Å². The van der Waals surface area contributed by atoms with E-state index in [0.717, 1.165) is 67.2 Å². The molecule has 0 aliphatic carbocycles. The van der Waals surface area contributed by atoms with E-state index < -0.39 is 0 Å². The summed E-state index contributed by atoms with van der Waals surface area (Å²) in [6, 6.07) is 12.3. The van der Waals surface area contributed by atoms with Crippen LogP contribution in [0.4, 0.5) is 0 Å². The maximum Gasteiger partial charge on any atom is 0.328 e. The molecule has 1 aliphatic heterocycles. The second-order valence-electron chi connectivity index (χ2n) is 8.22. The molecule has 0 unspecified atom stereocenters. The average molecular weight is 426 g/mol. The standard InChI is InChI=1S/C24H31N3O4/c1-25-20-9-7-17(12-21(20)26(2)24(25)28)14-27(16-19-6-5-11-31-19)15-18-8-10-22(29-3)23(13-18)30-4/h7-10,12-13,19H,5-6,11,14-16H2,1-4H3/t19-/m1/s1. The van der Waals surface area contributed by atoms with Gasteiger partial charge in [-0.05, 0) is 48.2 Å². The lowest BCUT2D eigenvalue weighted by Gasteiger charge is -2.26. The highest BCUT2D eigenvalue weighted by molar-refractivity contribution is 5.76. The first-order valence-electron chi connectivity index (χ1n) is 10.7. The van der Waals surface area contributed by atoms with Gasteiger partial charge in [0.2, 0.25) is 0 Å². The Labute approximate surface area is 182 Å². The molecule has 0 N–H and O–H groups in total. The number of rotatable bonds is 8. The minimum atomic E-state index is -0.00584. The van der Waals surface area contributed by atoms with Gasteiger partial charge in [-0.15, -0.1) is 0 Å². The Bertz CT molecular complexity index is 1110. The number of ether oxygens (including phenoxy) is 3. The number of fused-ring (bicyclic) bond motifs is 1. The number of imidazole rings is 1. The summed E-state index contributed by atoms with van der Waals surface area (Å²) in [5.74, 6) is 1.46. The van der Waals surface area contributed by atoms with Crippen molar-refractivity contribution in [2.45, 2.75) is 32.0 Å². The van der Waals surface area contributed by atoms with Gasteiger partial charge in [0.25, 0.3) is 0 Å². The molecule has 31 heavy (non-hydrogen) atoms. The molecule has 0 spiro atoms. The van der Waals surface area contributed by atoms with E-state index in [4.69, 9.17) is 14.2 Å². The fourth-order valence-corrected chi connectivity index (χ4v) is 4.41. The molecule has 166 valence electrons. The van der Waals surface area contributed by atoms with Crippen molar-refractivity contribution in [3.05, 3.63) is 58.0 Å². The third-order valence-corrected chi connectivity index (χ3v) is 6.08. The molecule has 2 heterocycles. The Hall–Kier alpha value is -2.77. The molecule has 1 saturated heterocycles. The molecule has 0 bridgehead atoms. The van der Waals surface area contributed by atoms with Gasteiger partial charge in [-0.1, -0.05) is 12.1 Å². The second kappa shape index (κ2) is 9.16. The van der Waals surface area contributed by atoms with E-state index in [1.807, 2.05) is 32.3 Å². The van der Waals surface area contributed by atoms with Crippen molar-refractivity contribution in [2.24, 2.45) is 14.1 Å². The summed E-state index contributed by atoms with van der Waals surface area (Å²) >= 11 is 0. The highest BCUT2D eigenvalue weighted by Gasteiger charge is 2.20.